The normalized spacial score (nSPS) is 16.2. The molecule has 2 aromatic rings. The molecular formula is C21H20BrNO4. The minimum absolute atomic E-state index is 0.468. The maximum absolute atomic E-state index is 12.9. The van der Waals surface area contributed by atoms with Crippen molar-refractivity contribution in [2.75, 3.05) is 14.2 Å². The average Bonchev–Trinajstić information content (AvgIpc) is 3.12. The van der Waals surface area contributed by atoms with Crippen molar-refractivity contribution in [1.82, 2.24) is 0 Å². The summed E-state index contributed by atoms with van der Waals surface area (Å²) >= 11 is 3.47. The fraction of sp³-hybridized carbons (Fsp3) is 0.286. The summed E-state index contributed by atoms with van der Waals surface area (Å²) in [7, 11) is 2.52. The van der Waals surface area contributed by atoms with Crippen LogP contribution in [0.1, 0.15) is 29.0 Å². The number of halogens is 1. The predicted molar refractivity (Wildman–Crippen MR) is 106 cm³/mol. The summed E-state index contributed by atoms with van der Waals surface area (Å²) in [6.07, 6.45) is 2.88. The highest BCUT2D eigenvalue weighted by atomic mass is 79.9. The first-order valence-corrected chi connectivity index (χ1v) is 9.37. The second-order valence-corrected chi connectivity index (χ2v) is 7.27. The van der Waals surface area contributed by atoms with Crippen LogP contribution in [0, 0.1) is 0 Å². The zero-order valence-corrected chi connectivity index (χ0v) is 16.7. The molecule has 0 spiro atoms. The van der Waals surface area contributed by atoms with Crippen LogP contribution in [-0.2, 0) is 25.5 Å². The van der Waals surface area contributed by atoms with E-state index in [2.05, 4.69) is 20.9 Å². The number of aliphatic imine (C=N–C) groups is 1. The Morgan fingerprint density at radius 3 is 2.41 bits per heavy atom. The van der Waals surface area contributed by atoms with E-state index in [0.29, 0.717) is 6.42 Å². The number of fused-ring (bicyclic) bond motifs is 1. The summed E-state index contributed by atoms with van der Waals surface area (Å²) in [5.74, 6) is -1.91. The molecule has 1 aliphatic carbocycles. The van der Waals surface area contributed by atoms with Crippen molar-refractivity contribution in [3.8, 4) is 0 Å². The number of carbonyl (C=O) groups is 2. The predicted octanol–water partition coefficient (Wildman–Crippen LogP) is 3.68. The van der Waals surface area contributed by atoms with Gasteiger partial charge in [0.1, 0.15) is 0 Å². The van der Waals surface area contributed by atoms with Gasteiger partial charge in [0.05, 0.1) is 14.2 Å². The molecule has 5 nitrogen and oxygen atoms in total. The van der Waals surface area contributed by atoms with E-state index in [9.17, 15) is 9.59 Å². The minimum Gasteiger partial charge on any atom is -0.467 e. The van der Waals surface area contributed by atoms with E-state index in [4.69, 9.17) is 9.47 Å². The molecule has 0 N–H and O–H groups in total. The van der Waals surface area contributed by atoms with Gasteiger partial charge in [0.25, 0.3) is 5.54 Å². The van der Waals surface area contributed by atoms with Crippen LogP contribution in [0.25, 0.3) is 0 Å². The number of carbonyl (C=O) groups excluding carboxylic acids is 2. The van der Waals surface area contributed by atoms with Gasteiger partial charge in [-0.1, -0.05) is 52.3 Å². The maximum atomic E-state index is 12.9. The zero-order valence-electron chi connectivity index (χ0n) is 15.1. The number of benzene rings is 2. The molecule has 0 saturated carbocycles. The molecule has 0 fully saturated rings. The Hall–Kier alpha value is -2.47. The third kappa shape index (κ3) is 3.54. The molecule has 0 radical (unpaired) electrons. The molecule has 0 bridgehead atoms. The number of methoxy groups -OCH3 is 2. The van der Waals surface area contributed by atoms with Crippen LogP contribution in [0.4, 0.5) is 0 Å². The van der Waals surface area contributed by atoms with Crippen molar-refractivity contribution in [3.63, 3.8) is 0 Å². The average molecular weight is 430 g/mol. The topological polar surface area (TPSA) is 65.0 Å². The lowest BCUT2D eigenvalue weighted by atomic mass is 9.80. The second-order valence-electron chi connectivity index (χ2n) is 6.35. The van der Waals surface area contributed by atoms with E-state index < -0.39 is 23.4 Å². The van der Waals surface area contributed by atoms with Crippen molar-refractivity contribution in [2.24, 2.45) is 4.99 Å². The molecule has 27 heavy (non-hydrogen) atoms. The molecule has 2 aromatic carbocycles. The fourth-order valence-electron chi connectivity index (χ4n) is 3.60. The maximum Gasteiger partial charge on any atom is 0.346 e. The van der Waals surface area contributed by atoms with Gasteiger partial charge in [0, 0.05) is 16.6 Å². The molecule has 1 aliphatic rings. The third-order valence-electron chi connectivity index (χ3n) is 4.90. The van der Waals surface area contributed by atoms with Crippen LogP contribution in [0.2, 0.25) is 0 Å². The highest BCUT2D eigenvalue weighted by molar-refractivity contribution is 9.10. The lowest BCUT2D eigenvalue weighted by molar-refractivity contribution is -0.162. The van der Waals surface area contributed by atoms with E-state index >= 15 is 0 Å². The van der Waals surface area contributed by atoms with Gasteiger partial charge in [0.2, 0.25) is 0 Å². The van der Waals surface area contributed by atoms with Gasteiger partial charge in [-0.3, -0.25) is 4.99 Å². The van der Waals surface area contributed by atoms with Crippen LogP contribution in [0.15, 0.2) is 58.0 Å². The van der Waals surface area contributed by atoms with Crippen molar-refractivity contribution in [2.45, 2.75) is 24.3 Å². The molecule has 140 valence electrons. The monoisotopic (exact) mass is 429 g/mol. The highest BCUT2D eigenvalue weighted by Gasteiger charge is 2.56. The van der Waals surface area contributed by atoms with Gasteiger partial charge in [-0.15, -0.1) is 0 Å². The van der Waals surface area contributed by atoms with Crippen molar-refractivity contribution < 1.29 is 19.1 Å². The standard InChI is InChI=1S/C21H20BrNO4/c1-26-19(24)21(20(25)27-2,23-13-14-6-4-3-5-7-14)18-11-9-15-8-10-16(22)12-17(15)18/h3-8,10,12-13,18H,9,11H2,1-2H3/b23-13+/t18-/m1/s1. The first kappa shape index (κ1) is 19.3. The molecule has 0 unspecified atom stereocenters. The lowest BCUT2D eigenvalue weighted by Gasteiger charge is -2.30. The van der Waals surface area contributed by atoms with Gasteiger partial charge >= 0.3 is 11.9 Å². The molecule has 6 heteroatoms. The van der Waals surface area contributed by atoms with Gasteiger partial charge in [-0.25, -0.2) is 9.59 Å². The van der Waals surface area contributed by atoms with Crippen LogP contribution in [0.3, 0.4) is 0 Å². The third-order valence-corrected chi connectivity index (χ3v) is 5.39. The Morgan fingerprint density at radius 1 is 1.11 bits per heavy atom. The number of rotatable bonds is 5. The molecular weight excluding hydrogens is 410 g/mol. The van der Waals surface area contributed by atoms with Crippen molar-refractivity contribution in [3.05, 3.63) is 69.7 Å². The number of hydrogen-bond donors (Lipinski definition) is 0. The summed E-state index contributed by atoms with van der Waals surface area (Å²) in [6, 6.07) is 15.2. The molecule has 0 aliphatic heterocycles. The summed E-state index contributed by atoms with van der Waals surface area (Å²) < 4.78 is 10.9. The molecule has 1 atom stereocenters. The number of hydrogen-bond acceptors (Lipinski definition) is 5. The molecule has 0 saturated heterocycles. The van der Waals surface area contributed by atoms with E-state index in [-0.39, 0.29) is 0 Å². The van der Waals surface area contributed by atoms with E-state index in [1.807, 2.05) is 48.5 Å². The SMILES string of the molecule is COC(=O)C(/N=C/c1ccccc1)(C(=O)OC)[C@@H]1CCc2ccc(Br)cc21. The Labute approximate surface area is 166 Å². The highest BCUT2D eigenvalue weighted by Crippen LogP contribution is 2.44. The van der Waals surface area contributed by atoms with Crippen LogP contribution in [0.5, 0.6) is 0 Å². The van der Waals surface area contributed by atoms with Crippen LogP contribution < -0.4 is 0 Å². The van der Waals surface area contributed by atoms with Gasteiger partial charge in [-0.2, -0.15) is 0 Å². The second kappa shape index (κ2) is 8.05. The van der Waals surface area contributed by atoms with E-state index in [0.717, 1.165) is 27.6 Å². The summed E-state index contributed by atoms with van der Waals surface area (Å²) in [4.78, 5) is 30.3. The Balaban J connectivity index is 2.16. The number of ether oxygens (including phenoxy) is 2. The minimum atomic E-state index is -1.79. The smallest absolute Gasteiger partial charge is 0.346 e. The summed E-state index contributed by atoms with van der Waals surface area (Å²) in [5.41, 5.74) is 0.994. The quantitative estimate of drug-likeness (QED) is 0.413. The van der Waals surface area contributed by atoms with Gasteiger partial charge in [0.15, 0.2) is 0 Å². The van der Waals surface area contributed by atoms with E-state index in [1.165, 1.54) is 20.4 Å². The van der Waals surface area contributed by atoms with Gasteiger partial charge in [-0.05, 0) is 41.7 Å². The lowest BCUT2D eigenvalue weighted by Crippen LogP contribution is -2.51. The van der Waals surface area contributed by atoms with E-state index in [1.54, 1.807) is 0 Å². The Bertz CT molecular complexity index is 863. The molecule has 0 heterocycles. The van der Waals surface area contributed by atoms with Crippen molar-refractivity contribution >= 4 is 34.1 Å². The molecule has 0 amide bonds. The first-order chi connectivity index (χ1) is 13.0. The van der Waals surface area contributed by atoms with Crippen LogP contribution in [-0.4, -0.2) is 37.9 Å². The van der Waals surface area contributed by atoms with Crippen LogP contribution >= 0.6 is 15.9 Å². The summed E-state index contributed by atoms with van der Waals surface area (Å²) in [5, 5.41) is 0. The molecule has 3 rings (SSSR count). The molecule has 0 aromatic heterocycles. The zero-order chi connectivity index (χ0) is 19.4. The number of esters is 2. The summed E-state index contributed by atoms with van der Waals surface area (Å²) in [6.45, 7) is 0. The van der Waals surface area contributed by atoms with Gasteiger partial charge < -0.3 is 9.47 Å². The number of nitrogens with zero attached hydrogens (tertiary/aromatic N) is 1. The fourth-order valence-corrected chi connectivity index (χ4v) is 3.98. The van der Waals surface area contributed by atoms with Crippen molar-refractivity contribution in [1.29, 1.82) is 0 Å². The first-order valence-electron chi connectivity index (χ1n) is 8.58. The Morgan fingerprint density at radius 2 is 1.78 bits per heavy atom. The largest absolute Gasteiger partial charge is 0.467 e. The number of aryl methyl sites for hydroxylation is 1. The Kier molecular flexibility index (Phi) is 5.75.